The zero-order chi connectivity index (χ0) is 12.4. The van der Waals surface area contributed by atoms with E-state index in [4.69, 9.17) is 0 Å². The minimum Gasteiger partial charge on any atom is -0.379 e. The van der Waals surface area contributed by atoms with Gasteiger partial charge in [0.15, 0.2) is 0 Å². The second-order valence-electron chi connectivity index (χ2n) is 4.05. The number of rotatable bonds is 3. The zero-order valence-corrected chi connectivity index (χ0v) is 11.2. The summed E-state index contributed by atoms with van der Waals surface area (Å²) in [6, 6.07) is 14.3. The van der Waals surface area contributed by atoms with Crippen LogP contribution in [0.3, 0.4) is 0 Å². The monoisotopic (exact) mass is 301 g/mol. The molecular weight excluding hydrogens is 290 g/mol. The fourth-order valence-corrected chi connectivity index (χ4v) is 2.37. The summed E-state index contributed by atoms with van der Waals surface area (Å²) in [4.78, 5) is 7.43. The van der Waals surface area contributed by atoms with E-state index < -0.39 is 0 Å². The van der Waals surface area contributed by atoms with E-state index in [2.05, 4.69) is 37.3 Å². The average Bonchev–Trinajstić information content (AvgIpc) is 2.86. The number of anilines is 1. The highest BCUT2D eigenvalue weighted by Crippen LogP contribution is 2.22. The van der Waals surface area contributed by atoms with E-state index in [1.165, 1.54) is 5.56 Å². The van der Waals surface area contributed by atoms with Gasteiger partial charge in [-0.1, -0.05) is 40.2 Å². The maximum absolute atomic E-state index is 4.32. The van der Waals surface area contributed by atoms with Gasteiger partial charge in [-0.2, -0.15) is 0 Å². The third kappa shape index (κ3) is 2.11. The molecule has 0 aliphatic heterocycles. The first-order valence-electron chi connectivity index (χ1n) is 5.74. The molecule has 1 heterocycles. The highest BCUT2D eigenvalue weighted by molar-refractivity contribution is 9.10. The van der Waals surface area contributed by atoms with Crippen LogP contribution in [0, 0.1) is 0 Å². The molecular formula is C14H12BrN3. The van der Waals surface area contributed by atoms with Gasteiger partial charge in [0, 0.05) is 11.0 Å². The predicted molar refractivity (Wildman–Crippen MR) is 77.6 cm³/mol. The van der Waals surface area contributed by atoms with Crippen molar-refractivity contribution >= 4 is 32.7 Å². The lowest BCUT2D eigenvalue weighted by Gasteiger charge is -2.08. The lowest BCUT2D eigenvalue weighted by molar-refractivity contribution is 1.14. The Morgan fingerprint density at radius 2 is 2.00 bits per heavy atom. The quantitative estimate of drug-likeness (QED) is 0.769. The number of hydrogen-bond donors (Lipinski definition) is 2. The number of benzene rings is 2. The summed E-state index contributed by atoms with van der Waals surface area (Å²) in [6.07, 6.45) is 1.72. The largest absolute Gasteiger partial charge is 0.379 e. The molecule has 0 unspecified atom stereocenters. The van der Waals surface area contributed by atoms with Crippen LogP contribution in [-0.4, -0.2) is 9.97 Å². The summed E-state index contributed by atoms with van der Waals surface area (Å²) in [5, 5.41) is 3.42. The molecule has 3 aromatic rings. The second kappa shape index (κ2) is 4.82. The fraction of sp³-hybridized carbons (Fsp3) is 0.0714. The molecule has 0 bridgehead atoms. The lowest BCUT2D eigenvalue weighted by Crippen LogP contribution is -2.00. The van der Waals surface area contributed by atoms with E-state index in [1.54, 1.807) is 6.33 Å². The van der Waals surface area contributed by atoms with Crippen molar-refractivity contribution < 1.29 is 0 Å². The summed E-state index contributed by atoms with van der Waals surface area (Å²) in [6.45, 7) is 0.771. The van der Waals surface area contributed by atoms with Gasteiger partial charge in [0.1, 0.15) is 5.52 Å². The normalized spacial score (nSPS) is 10.7. The molecule has 2 aromatic carbocycles. The van der Waals surface area contributed by atoms with Crippen LogP contribution in [0.5, 0.6) is 0 Å². The van der Waals surface area contributed by atoms with E-state index in [1.807, 2.05) is 36.4 Å². The summed E-state index contributed by atoms with van der Waals surface area (Å²) in [5.41, 5.74) is 4.30. The van der Waals surface area contributed by atoms with Gasteiger partial charge in [0.25, 0.3) is 0 Å². The van der Waals surface area contributed by atoms with E-state index in [-0.39, 0.29) is 0 Å². The van der Waals surface area contributed by atoms with E-state index in [0.717, 1.165) is 27.7 Å². The van der Waals surface area contributed by atoms with Crippen LogP contribution >= 0.6 is 15.9 Å². The zero-order valence-electron chi connectivity index (χ0n) is 9.65. The van der Waals surface area contributed by atoms with Gasteiger partial charge in [-0.3, -0.25) is 0 Å². The molecule has 0 aliphatic carbocycles. The number of halogens is 1. The lowest BCUT2D eigenvalue weighted by atomic mass is 10.2. The SMILES string of the molecule is Brc1ccccc1CNc1cccc2[nH]cnc12. The highest BCUT2D eigenvalue weighted by Gasteiger charge is 2.03. The van der Waals surface area contributed by atoms with Gasteiger partial charge in [-0.05, 0) is 23.8 Å². The molecule has 4 heteroatoms. The Kier molecular flexibility index (Phi) is 3.02. The number of fused-ring (bicyclic) bond motifs is 1. The third-order valence-corrected chi connectivity index (χ3v) is 3.65. The van der Waals surface area contributed by atoms with Gasteiger partial charge in [0.05, 0.1) is 17.5 Å². The maximum atomic E-state index is 4.32. The number of para-hydroxylation sites is 1. The topological polar surface area (TPSA) is 40.7 Å². The Hall–Kier alpha value is -1.81. The molecule has 0 aliphatic rings. The van der Waals surface area contributed by atoms with Crippen molar-refractivity contribution in [3.8, 4) is 0 Å². The van der Waals surface area contributed by atoms with Gasteiger partial charge in [0.2, 0.25) is 0 Å². The molecule has 0 saturated heterocycles. The van der Waals surface area contributed by atoms with Crippen LogP contribution in [0.1, 0.15) is 5.56 Å². The Labute approximate surface area is 113 Å². The minimum atomic E-state index is 0.771. The number of imidazole rings is 1. The predicted octanol–water partition coefficient (Wildman–Crippen LogP) is 3.94. The molecule has 1 aromatic heterocycles. The standard InChI is InChI=1S/C14H12BrN3/c15-11-5-2-1-4-10(11)8-16-12-6-3-7-13-14(12)18-9-17-13/h1-7,9,16H,8H2,(H,17,18). The number of nitrogens with zero attached hydrogens (tertiary/aromatic N) is 1. The van der Waals surface area contributed by atoms with Crippen LogP contribution in [0.4, 0.5) is 5.69 Å². The van der Waals surface area contributed by atoms with E-state index >= 15 is 0 Å². The summed E-state index contributed by atoms with van der Waals surface area (Å²) in [5.74, 6) is 0. The van der Waals surface area contributed by atoms with Crippen LogP contribution in [0.25, 0.3) is 11.0 Å². The highest BCUT2D eigenvalue weighted by atomic mass is 79.9. The first-order chi connectivity index (χ1) is 8.84. The molecule has 3 rings (SSSR count). The van der Waals surface area contributed by atoms with Crippen molar-refractivity contribution in [2.45, 2.75) is 6.54 Å². The average molecular weight is 302 g/mol. The van der Waals surface area contributed by atoms with Crippen molar-refractivity contribution in [1.29, 1.82) is 0 Å². The summed E-state index contributed by atoms with van der Waals surface area (Å²) >= 11 is 3.55. The summed E-state index contributed by atoms with van der Waals surface area (Å²) < 4.78 is 1.12. The molecule has 90 valence electrons. The smallest absolute Gasteiger partial charge is 0.111 e. The van der Waals surface area contributed by atoms with Crippen LogP contribution in [0.2, 0.25) is 0 Å². The first-order valence-corrected chi connectivity index (χ1v) is 6.53. The van der Waals surface area contributed by atoms with E-state index in [9.17, 15) is 0 Å². The van der Waals surface area contributed by atoms with Crippen molar-refractivity contribution in [3.63, 3.8) is 0 Å². The Bertz CT molecular complexity index is 675. The number of aromatic amines is 1. The van der Waals surface area contributed by atoms with E-state index in [0.29, 0.717) is 0 Å². The molecule has 0 amide bonds. The molecule has 0 atom stereocenters. The summed E-state index contributed by atoms with van der Waals surface area (Å²) in [7, 11) is 0. The Morgan fingerprint density at radius 1 is 1.11 bits per heavy atom. The second-order valence-corrected chi connectivity index (χ2v) is 4.90. The molecule has 0 saturated carbocycles. The van der Waals surface area contributed by atoms with Crippen molar-refractivity contribution in [3.05, 3.63) is 58.8 Å². The molecule has 18 heavy (non-hydrogen) atoms. The van der Waals surface area contributed by atoms with Crippen molar-refractivity contribution in [1.82, 2.24) is 9.97 Å². The van der Waals surface area contributed by atoms with Crippen LogP contribution in [0.15, 0.2) is 53.3 Å². The number of nitrogens with one attached hydrogen (secondary N) is 2. The molecule has 0 fully saturated rings. The maximum Gasteiger partial charge on any atom is 0.111 e. The number of hydrogen-bond acceptors (Lipinski definition) is 2. The molecule has 0 radical (unpaired) electrons. The van der Waals surface area contributed by atoms with Gasteiger partial charge in [-0.25, -0.2) is 4.98 Å². The molecule has 0 spiro atoms. The van der Waals surface area contributed by atoms with Crippen molar-refractivity contribution in [2.75, 3.05) is 5.32 Å². The fourth-order valence-electron chi connectivity index (χ4n) is 1.94. The molecule has 2 N–H and O–H groups in total. The van der Waals surface area contributed by atoms with Crippen LogP contribution < -0.4 is 5.32 Å². The Balaban J connectivity index is 1.85. The Morgan fingerprint density at radius 3 is 2.89 bits per heavy atom. The number of aromatic nitrogens is 2. The number of H-pyrrole nitrogens is 1. The van der Waals surface area contributed by atoms with Gasteiger partial charge < -0.3 is 10.3 Å². The first kappa shape index (κ1) is 11.3. The minimum absolute atomic E-state index is 0.771. The van der Waals surface area contributed by atoms with Gasteiger partial charge in [-0.15, -0.1) is 0 Å². The van der Waals surface area contributed by atoms with Crippen LogP contribution in [-0.2, 0) is 6.54 Å². The molecule has 3 nitrogen and oxygen atoms in total. The van der Waals surface area contributed by atoms with Gasteiger partial charge >= 0.3 is 0 Å². The van der Waals surface area contributed by atoms with Crippen molar-refractivity contribution in [2.24, 2.45) is 0 Å². The third-order valence-electron chi connectivity index (χ3n) is 2.88.